The lowest BCUT2D eigenvalue weighted by molar-refractivity contribution is -0.122. The van der Waals surface area contributed by atoms with Crippen molar-refractivity contribution in [2.75, 3.05) is 24.5 Å². The van der Waals surface area contributed by atoms with Crippen LogP contribution in [-0.2, 0) is 11.3 Å². The van der Waals surface area contributed by atoms with Crippen LogP contribution in [0.25, 0.3) is 0 Å². The van der Waals surface area contributed by atoms with Crippen LogP contribution in [0.1, 0.15) is 38.7 Å². The number of amides is 1. The summed E-state index contributed by atoms with van der Waals surface area (Å²) in [7, 11) is 0. The van der Waals surface area contributed by atoms with Crippen molar-refractivity contribution in [2.24, 2.45) is 0 Å². The number of para-hydroxylation sites is 1. The molecule has 0 spiro atoms. The number of nitrogens with zero attached hydrogens (tertiary/aromatic N) is 1. The highest BCUT2D eigenvalue weighted by molar-refractivity contribution is 5.85. The number of rotatable bonds is 6. The number of benzene rings is 1. The van der Waals surface area contributed by atoms with Gasteiger partial charge in [-0.15, -0.1) is 0 Å². The molecule has 1 aromatic carbocycles. The maximum Gasteiger partial charge on any atom is 0.242 e. The van der Waals surface area contributed by atoms with Crippen LogP contribution in [0.2, 0.25) is 0 Å². The Balaban J connectivity index is 2.01. The number of anilines is 1. The van der Waals surface area contributed by atoms with Gasteiger partial charge in [0.15, 0.2) is 0 Å². The predicted octanol–water partition coefficient (Wildman–Crippen LogP) is 2.29. The van der Waals surface area contributed by atoms with Gasteiger partial charge in [-0.2, -0.15) is 0 Å². The van der Waals surface area contributed by atoms with E-state index in [1.165, 1.54) is 24.1 Å². The fourth-order valence-electron chi connectivity index (χ4n) is 2.76. The van der Waals surface area contributed by atoms with E-state index in [0.717, 1.165) is 32.6 Å². The molecule has 2 N–H and O–H groups in total. The summed E-state index contributed by atoms with van der Waals surface area (Å²) in [6, 6.07) is 8.21. The number of carbonyl (C=O) groups is 1. The zero-order valence-corrected chi connectivity index (χ0v) is 13.2. The highest BCUT2D eigenvalue weighted by Gasteiger charge is 2.24. The van der Waals surface area contributed by atoms with Crippen LogP contribution in [0.5, 0.6) is 0 Å². The number of nitrogens with one attached hydrogen (secondary N) is 2. The van der Waals surface area contributed by atoms with Gasteiger partial charge in [0.25, 0.3) is 0 Å². The van der Waals surface area contributed by atoms with E-state index in [4.69, 9.17) is 0 Å². The predicted molar refractivity (Wildman–Crippen MR) is 87.5 cm³/mol. The summed E-state index contributed by atoms with van der Waals surface area (Å²) in [4.78, 5) is 14.6. The third kappa shape index (κ3) is 4.21. The molecule has 1 atom stereocenters. The van der Waals surface area contributed by atoms with Gasteiger partial charge in [-0.05, 0) is 25.0 Å². The zero-order valence-electron chi connectivity index (χ0n) is 13.2. The molecule has 1 unspecified atom stereocenters. The highest BCUT2D eigenvalue weighted by atomic mass is 16.2. The molecule has 1 aliphatic heterocycles. The van der Waals surface area contributed by atoms with Gasteiger partial charge in [-0.25, -0.2) is 0 Å². The smallest absolute Gasteiger partial charge is 0.242 e. The van der Waals surface area contributed by atoms with Gasteiger partial charge in [0.05, 0.1) is 0 Å². The monoisotopic (exact) mass is 289 g/mol. The quantitative estimate of drug-likeness (QED) is 0.790. The van der Waals surface area contributed by atoms with Crippen molar-refractivity contribution in [3.05, 3.63) is 29.8 Å². The first-order valence-corrected chi connectivity index (χ1v) is 8.07. The van der Waals surface area contributed by atoms with Crippen LogP contribution >= 0.6 is 0 Å². The molecule has 1 amide bonds. The molecule has 1 heterocycles. The summed E-state index contributed by atoms with van der Waals surface area (Å²) < 4.78 is 0. The summed E-state index contributed by atoms with van der Waals surface area (Å²) in [5.41, 5.74) is 2.44. The minimum Gasteiger partial charge on any atom is -0.358 e. The molecule has 0 radical (unpaired) electrons. The number of hydrogen-bond acceptors (Lipinski definition) is 3. The lowest BCUT2D eigenvalue weighted by Gasteiger charge is -2.30. The van der Waals surface area contributed by atoms with Crippen molar-refractivity contribution >= 4 is 11.6 Å². The van der Waals surface area contributed by atoms with Gasteiger partial charge in [0, 0.05) is 31.9 Å². The van der Waals surface area contributed by atoms with E-state index in [-0.39, 0.29) is 11.9 Å². The molecule has 0 aromatic heterocycles. The van der Waals surface area contributed by atoms with E-state index in [0.29, 0.717) is 0 Å². The highest BCUT2D eigenvalue weighted by Crippen LogP contribution is 2.24. The molecule has 0 fully saturated rings. The molecule has 4 nitrogen and oxygen atoms in total. The van der Waals surface area contributed by atoms with Gasteiger partial charge >= 0.3 is 0 Å². The average molecular weight is 289 g/mol. The molecular formula is C17H27N3O. The second-order valence-corrected chi connectivity index (χ2v) is 5.67. The molecule has 1 aromatic rings. The van der Waals surface area contributed by atoms with Crippen LogP contribution in [0.4, 0.5) is 5.69 Å². The lowest BCUT2D eigenvalue weighted by atomic mass is 10.1. The Kier molecular flexibility index (Phi) is 6.05. The van der Waals surface area contributed by atoms with E-state index in [1.54, 1.807) is 0 Å². The number of unbranched alkanes of at least 4 members (excludes halogenated alkanes) is 2. The Hall–Kier alpha value is -1.55. The van der Waals surface area contributed by atoms with Crippen molar-refractivity contribution in [1.82, 2.24) is 10.6 Å². The average Bonchev–Trinajstić information content (AvgIpc) is 2.73. The maximum absolute atomic E-state index is 12.4. The Morgan fingerprint density at radius 1 is 1.38 bits per heavy atom. The molecule has 2 rings (SSSR count). The van der Waals surface area contributed by atoms with Gasteiger partial charge < -0.3 is 15.5 Å². The number of carbonyl (C=O) groups excluding carboxylic acids is 1. The van der Waals surface area contributed by atoms with E-state index in [1.807, 2.05) is 13.0 Å². The SMILES string of the molecule is CCCCCNC(=O)C(C)N1CCNCc2ccccc21. The summed E-state index contributed by atoms with van der Waals surface area (Å²) in [5.74, 6) is 0.128. The first-order chi connectivity index (χ1) is 10.2. The second-order valence-electron chi connectivity index (χ2n) is 5.67. The van der Waals surface area contributed by atoms with Gasteiger partial charge in [0.2, 0.25) is 5.91 Å². The van der Waals surface area contributed by atoms with Crippen molar-refractivity contribution in [1.29, 1.82) is 0 Å². The summed E-state index contributed by atoms with van der Waals surface area (Å²) in [6.07, 6.45) is 3.41. The van der Waals surface area contributed by atoms with Crippen LogP contribution < -0.4 is 15.5 Å². The maximum atomic E-state index is 12.4. The van der Waals surface area contributed by atoms with Crippen LogP contribution in [0, 0.1) is 0 Å². The summed E-state index contributed by atoms with van der Waals surface area (Å²) in [5, 5.41) is 6.48. The Morgan fingerprint density at radius 3 is 3.00 bits per heavy atom. The Labute approximate surface area is 127 Å². The van der Waals surface area contributed by atoms with Crippen molar-refractivity contribution in [3.8, 4) is 0 Å². The number of fused-ring (bicyclic) bond motifs is 1. The molecular weight excluding hydrogens is 262 g/mol. The van der Waals surface area contributed by atoms with E-state index >= 15 is 0 Å². The molecule has 0 saturated carbocycles. The van der Waals surface area contributed by atoms with Crippen LogP contribution in [0.3, 0.4) is 0 Å². The molecule has 0 bridgehead atoms. The summed E-state index contributed by atoms with van der Waals surface area (Å²) >= 11 is 0. The Morgan fingerprint density at radius 2 is 2.19 bits per heavy atom. The fraction of sp³-hybridized carbons (Fsp3) is 0.588. The van der Waals surface area contributed by atoms with E-state index in [9.17, 15) is 4.79 Å². The topological polar surface area (TPSA) is 44.4 Å². The van der Waals surface area contributed by atoms with Gasteiger partial charge in [-0.3, -0.25) is 4.79 Å². The third-order valence-corrected chi connectivity index (χ3v) is 4.07. The Bertz CT molecular complexity index is 461. The zero-order chi connectivity index (χ0) is 15.1. The van der Waals surface area contributed by atoms with Crippen LogP contribution in [0.15, 0.2) is 24.3 Å². The normalized spacial score (nSPS) is 16.0. The van der Waals surface area contributed by atoms with E-state index < -0.39 is 0 Å². The standard InChI is InChI=1S/C17H27N3O/c1-3-4-7-10-19-17(21)14(2)20-12-11-18-13-15-8-5-6-9-16(15)20/h5-6,8-9,14,18H,3-4,7,10-13H2,1-2H3,(H,19,21). The third-order valence-electron chi connectivity index (χ3n) is 4.07. The first kappa shape index (κ1) is 15.8. The first-order valence-electron chi connectivity index (χ1n) is 8.07. The van der Waals surface area contributed by atoms with Crippen molar-refractivity contribution < 1.29 is 4.79 Å². The minimum atomic E-state index is -0.132. The molecule has 21 heavy (non-hydrogen) atoms. The van der Waals surface area contributed by atoms with Gasteiger partial charge in [0.1, 0.15) is 6.04 Å². The fourth-order valence-corrected chi connectivity index (χ4v) is 2.76. The largest absolute Gasteiger partial charge is 0.358 e. The molecule has 4 heteroatoms. The van der Waals surface area contributed by atoms with E-state index in [2.05, 4.69) is 40.7 Å². The molecule has 1 aliphatic rings. The molecule has 0 saturated heterocycles. The molecule has 0 aliphatic carbocycles. The van der Waals surface area contributed by atoms with Crippen molar-refractivity contribution in [3.63, 3.8) is 0 Å². The lowest BCUT2D eigenvalue weighted by Crippen LogP contribution is -2.47. The van der Waals surface area contributed by atoms with Gasteiger partial charge in [-0.1, -0.05) is 38.0 Å². The van der Waals surface area contributed by atoms with Crippen molar-refractivity contribution in [2.45, 2.75) is 45.7 Å². The minimum absolute atomic E-state index is 0.128. The molecule has 116 valence electrons. The summed E-state index contributed by atoms with van der Waals surface area (Å²) in [6.45, 7) is 7.59. The number of hydrogen-bond donors (Lipinski definition) is 2. The van der Waals surface area contributed by atoms with Crippen LogP contribution in [-0.4, -0.2) is 31.6 Å². The second kappa shape index (κ2) is 8.03.